The minimum absolute atomic E-state index is 0.0174. The number of nitrogens with zero attached hydrogens (tertiary/aromatic N) is 4. The molecule has 40 heavy (non-hydrogen) atoms. The number of imidazole rings is 1. The van der Waals surface area contributed by atoms with Gasteiger partial charge in [-0.1, -0.05) is 19.8 Å². The van der Waals surface area contributed by atoms with Crippen LogP contribution in [0.15, 0.2) is 35.3 Å². The topological polar surface area (TPSA) is 126 Å². The minimum atomic E-state index is -0.495. The number of ether oxygens (including phenoxy) is 1. The van der Waals surface area contributed by atoms with Gasteiger partial charge < -0.3 is 24.4 Å². The first-order valence-electron chi connectivity index (χ1n) is 14.1. The van der Waals surface area contributed by atoms with Gasteiger partial charge in [-0.3, -0.25) is 9.59 Å². The van der Waals surface area contributed by atoms with E-state index in [1.54, 1.807) is 6.20 Å². The van der Waals surface area contributed by atoms with Crippen molar-refractivity contribution in [2.75, 3.05) is 26.7 Å². The quantitative estimate of drug-likeness (QED) is 0.230. The van der Waals surface area contributed by atoms with E-state index in [1.807, 2.05) is 0 Å². The van der Waals surface area contributed by atoms with Crippen molar-refractivity contribution in [1.29, 1.82) is 0 Å². The summed E-state index contributed by atoms with van der Waals surface area (Å²) in [4.78, 5) is 43.6. The molecule has 1 spiro atoms. The van der Waals surface area contributed by atoms with E-state index in [2.05, 4.69) is 37.1 Å². The maximum Gasteiger partial charge on any atom is 0.263 e. The fourth-order valence-corrected chi connectivity index (χ4v) is 5.80. The number of aromatic amines is 1. The van der Waals surface area contributed by atoms with Crippen molar-refractivity contribution in [2.45, 2.75) is 64.3 Å². The van der Waals surface area contributed by atoms with Crippen molar-refractivity contribution in [3.63, 3.8) is 0 Å². The number of oxazole rings is 1. The Labute approximate surface area is 233 Å². The highest BCUT2D eigenvalue weighted by atomic mass is 19.1. The van der Waals surface area contributed by atoms with Crippen LogP contribution in [0.25, 0.3) is 11.3 Å². The number of likely N-dealkylation sites (tertiary alicyclic amines) is 1. The smallest absolute Gasteiger partial charge is 0.263 e. The lowest BCUT2D eigenvalue weighted by molar-refractivity contribution is -0.124. The SMILES string of the molecule is CCN1CCC2(CC1)C[C@@H]2C(=O)NC(CCCCCC(=O)c1ncco1)c1ncc(-c2cc(OC)ncc2F)[nH]1. The number of piperidine rings is 1. The van der Waals surface area contributed by atoms with Gasteiger partial charge in [0.05, 0.1) is 37.4 Å². The molecule has 1 saturated heterocycles. The number of H-pyrrole nitrogens is 1. The highest BCUT2D eigenvalue weighted by Gasteiger charge is 2.58. The molecule has 2 aliphatic rings. The summed E-state index contributed by atoms with van der Waals surface area (Å²) < 4.78 is 24.8. The van der Waals surface area contributed by atoms with Gasteiger partial charge in [0, 0.05) is 24.0 Å². The number of rotatable bonds is 13. The number of amides is 1. The summed E-state index contributed by atoms with van der Waals surface area (Å²) in [5.41, 5.74) is 0.898. The molecule has 10 nitrogen and oxygen atoms in total. The molecule has 1 aliphatic carbocycles. The number of pyridine rings is 1. The van der Waals surface area contributed by atoms with Gasteiger partial charge in [-0.15, -0.1) is 0 Å². The highest BCUT2D eigenvalue weighted by molar-refractivity contribution is 5.91. The number of halogens is 1. The van der Waals surface area contributed by atoms with Crippen LogP contribution in [0, 0.1) is 17.2 Å². The molecule has 1 saturated carbocycles. The fourth-order valence-electron chi connectivity index (χ4n) is 5.80. The zero-order valence-corrected chi connectivity index (χ0v) is 23.1. The van der Waals surface area contributed by atoms with E-state index in [0.717, 1.165) is 57.9 Å². The standard InChI is InChI=1S/C29H37FN6O4/c1-3-36-12-9-29(10-13-36)16-20(29)27(38)35-22(7-5-4-6-8-24(37)28-31-11-14-40-28)26-33-18-23(34-26)19-15-25(39-2)32-17-21(19)30/h11,14-15,17-18,20,22H,3-10,12-13,16H2,1-2H3,(H,33,34)(H,35,38)/t20-,22?/m1/s1. The van der Waals surface area contributed by atoms with Gasteiger partial charge in [0.2, 0.25) is 17.6 Å². The van der Waals surface area contributed by atoms with Crippen LogP contribution in [-0.2, 0) is 4.79 Å². The van der Waals surface area contributed by atoms with Gasteiger partial charge in [0.15, 0.2) is 5.82 Å². The molecule has 11 heteroatoms. The average Bonchev–Trinajstić information content (AvgIpc) is 3.34. The third-order valence-electron chi connectivity index (χ3n) is 8.44. The normalized spacial score (nSPS) is 18.9. The molecule has 5 rings (SSSR count). The molecule has 3 aromatic rings. The largest absolute Gasteiger partial charge is 0.481 e. The molecular formula is C29H37FN6O4. The van der Waals surface area contributed by atoms with E-state index >= 15 is 0 Å². The molecule has 1 unspecified atom stereocenters. The lowest BCUT2D eigenvalue weighted by Crippen LogP contribution is -2.37. The first-order valence-corrected chi connectivity index (χ1v) is 14.1. The van der Waals surface area contributed by atoms with Crippen molar-refractivity contribution in [3.05, 3.63) is 48.5 Å². The molecule has 4 heterocycles. The molecule has 0 bridgehead atoms. The minimum Gasteiger partial charge on any atom is -0.481 e. The van der Waals surface area contributed by atoms with Gasteiger partial charge in [0.1, 0.15) is 12.1 Å². The molecule has 3 aromatic heterocycles. The maximum absolute atomic E-state index is 14.6. The van der Waals surface area contributed by atoms with Crippen LogP contribution in [0.4, 0.5) is 4.39 Å². The monoisotopic (exact) mass is 552 g/mol. The van der Waals surface area contributed by atoms with Crippen LogP contribution in [0.2, 0.25) is 0 Å². The molecular weight excluding hydrogens is 515 g/mol. The Bertz CT molecular complexity index is 1300. The number of carbonyl (C=O) groups excluding carboxylic acids is 2. The maximum atomic E-state index is 14.6. The lowest BCUT2D eigenvalue weighted by Gasteiger charge is -2.32. The van der Waals surface area contributed by atoms with Gasteiger partial charge in [-0.25, -0.2) is 19.3 Å². The number of Topliss-reactive ketones (excluding diaryl/α,β-unsaturated/α-hetero) is 1. The zero-order valence-electron chi connectivity index (χ0n) is 23.1. The predicted octanol–water partition coefficient (Wildman–Crippen LogP) is 4.72. The van der Waals surface area contributed by atoms with Crippen molar-refractivity contribution in [2.24, 2.45) is 11.3 Å². The van der Waals surface area contributed by atoms with Gasteiger partial charge in [-0.2, -0.15) is 0 Å². The van der Waals surface area contributed by atoms with Crippen LogP contribution in [0.3, 0.4) is 0 Å². The van der Waals surface area contributed by atoms with Crippen LogP contribution in [0.5, 0.6) is 5.88 Å². The summed E-state index contributed by atoms with van der Waals surface area (Å²) in [5, 5.41) is 3.25. The van der Waals surface area contributed by atoms with Gasteiger partial charge >= 0.3 is 0 Å². The highest BCUT2D eigenvalue weighted by Crippen LogP contribution is 2.59. The van der Waals surface area contributed by atoms with Crippen LogP contribution in [0.1, 0.15) is 80.8 Å². The summed E-state index contributed by atoms with van der Waals surface area (Å²) in [6.45, 7) is 5.30. The van der Waals surface area contributed by atoms with E-state index in [0.29, 0.717) is 42.2 Å². The lowest BCUT2D eigenvalue weighted by atomic mass is 9.90. The first kappa shape index (κ1) is 27.9. The van der Waals surface area contributed by atoms with E-state index in [9.17, 15) is 14.0 Å². The number of unbranched alkanes of at least 4 members (excludes halogenated alkanes) is 2. The van der Waals surface area contributed by atoms with E-state index in [-0.39, 0.29) is 35.0 Å². The van der Waals surface area contributed by atoms with Crippen molar-refractivity contribution < 1.29 is 23.1 Å². The second-order valence-electron chi connectivity index (χ2n) is 10.9. The van der Waals surface area contributed by atoms with Gasteiger partial charge in [0.25, 0.3) is 5.89 Å². The molecule has 0 radical (unpaired) electrons. The summed E-state index contributed by atoms with van der Waals surface area (Å²) in [7, 11) is 1.48. The van der Waals surface area contributed by atoms with Crippen molar-refractivity contribution in [1.82, 2.24) is 30.2 Å². The number of hydrogen-bond acceptors (Lipinski definition) is 8. The Balaban J connectivity index is 1.24. The Morgan fingerprint density at radius 3 is 2.77 bits per heavy atom. The van der Waals surface area contributed by atoms with E-state index < -0.39 is 5.82 Å². The third-order valence-corrected chi connectivity index (χ3v) is 8.44. The van der Waals surface area contributed by atoms with Crippen LogP contribution >= 0.6 is 0 Å². The summed E-state index contributed by atoms with van der Waals surface area (Å²) in [6.07, 6.45) is 11.8. The molecule has 214 valence electrons. The van der Waals surface area contributed by atoms with Crippen molar-refractivity contribution >= 4 is 11.7 Å². The number of carbonyl (C=O) groups is 2. The average molecular weight is 553 g/mol. The van der Waals surface area contributed by atoms with Gasteiger partial charge in [-0.05, 0) is 57.2 Å². The van der Waals surface area contributed by atoms with Crippen molar-refractivity contribution in [3.8, 4) is 17.1 Å². The summed E-state index contributed by atoms with van der Waals surface area (Å²) in [6, 6.07) is 1.16. The van der Waals surface area contributed by atoms with E-state index in [4.69, 9.17) is 9.15 Å². The first-order chi connectivity index (χ1) is 19.4. The molecule has 2 fully saturated rings. The number of methoxy groups -OCH3 is 1. The van der Waals surface area contributed by atoms with Crippen LogP contribution in [-0.4, -0.2) is 63.3 Å². The molecule has 1 amide bonds. The fraction of sp³-hybridized carbons (Fsp3) is 0.552. The Morgan fingerprint density at radius 1 is 1.23 bits per heavy atom. The number of ketones is 1. The summed E-state index contributed by atoms with van der Waals surface area (Å²) >= 11 is 0. The zero-order chi connectivity index (χ0) is 28.1. The molecule has 2 atom stereocenters. The third kappa shape index (κ3) is 6.24. The molecule has 2 N–H and O–H groups in total. The second kappa shape index (κ2) is 12.3. The Hall–Kier alpha value is -3.60. The molecule has 1 aliphatic heterocycles. The Morgan fingerprint density at radius 2 is 2.05 bits per heavy atom. The number of aromatic nitrogens is 4. The number of hydrogen-bond donors (Lipinski definition) is 2. The predicted molar refractivity (Wildman–Crippen MR) is 145 cm³/mol. The van der Waals surface area contributed by atoms with Crippen LogP contribution < -0.4 is 10.1 Å². The van der Waals surface area contributed by atoms with E-state index in [1.165, 1.54) is 25.6 Å². The summed E-state index contributed by atoms with van der Waals surface area (Å²) in [5.74, 6) is 0.470. The molecule has 0 aromatic carbocycles. The number of nitrogens with one attached hydrogen (secondary N) is 2. The Kier molecular flexibility index (Phi) is 8.58. The second-order valence-corrected chi connectivity index (χ2v) is 10.9.